The van der Waals surface area contributed by atoms with Crippen molar-refractivity contribution in [3.8, 4) is 5.75 Å². The Labute approximate surface area is 107 Å². The van der Waals surface area contributed by atoms with Gasteiger partial charge in [0.2, 0.25) is 5.78 Å². The number of rotatable bonds is 5. The smallest absolute Gasteiger partial charge is 0.303 e. The van der Waals surface area contributed by atoms with Crippen molar-refractivity contribution in [2.45, 2.75) is 33.3 Å². The first-order valence-electron chi connectivity index (χ1n) is 5.84. The molecule has 0 atom stereocenters. The molecule has 0 radical (unpaired) electrons. The van der Waals surface area contributed by atoms with Crippen LogP contribution < -0.4 is 4.74 Å². The van der Waals surface area contributed by atoms with E-state index in [4.69, 9.17) is 9.47 Å². The van der Waals surface area contributed by atoms with Gasteiger partial charge in [0, 0.05) is 12.5 Å². The summed E-state index contributed by atoms with van der Waals surface area (Å²) in [5.74, 6) is -0.101. The molecule has 0 bridgehead atoms. The van der Waals surface area contributed by atoms with Gasteiger partial charge in [-0.1, -0.05) is 12.1 Å². The molecule has 0 aromatic heterocycles. The molecule has 0 aliphatic heterocycles. The SMILES string of the molecule is CCOc1cccc(C(=O)C(C)(C)OC(C)=O)c1. The summed E-state index contributed by atoms with van der Waals surface area (Å²) in [6.07, 6.45) is 0. The van der Waals surface area contributed by atoms with E-state index >= 15 is 0 Å². The molecule has 1 aromatic rings. The van der Waals surface area contributed by atoms with Crippen molar-refractivity contribution < 1.29 is 19.1 Å². The topological polar surface area (TPSA) is 52.6 Å². The Balaban J connectivity index is 2.95. The first kappa shape index (κ1) is 14.2. The molecule has 4 nitrogen and oxygen atoms in total. The van der Waals surface area contributed by atoms with Crippen molar-refractivity contribution in [3.05, 3.63) is 29.8 Å². The fourth-order valence-electron chi connectivity index (χ4n) is 1.65. The maximum Gasteiger partial charge on any atom is 0.303 e. The van der Waals surface area contributed by atoms with Gasteiger partial charge in [0.1, 0.15) is 5.75 Å². The molecule has 0 saturated carbocycles. The maximum atomic E-state index is 12.2. The van der Waals surface area contributed by atoms with Gasteiger partial charge in [-0.2, -0.15) is 0 Å². The molecule has 98 valence electrons. The highest BCUT2D eigenvalue weighted by Crippen LogP contribution is 2.21. The van der Waals surface area contributed by atoms with Crippen molar-refractivity contribution in [2.24, 2.45) is 0 Å². The Morgan fingerprint density at radius 1 is 1.28 bits per heavy atom. The molecular weight excluding hydrogens is 232 g/mol. The van der Waals surface area contributed by atoms with Crippen molar-refractivity contribution in [1.29, 1.82) is 0 Å². The number of ketones is 1. The van der Waals surface area contributed by atoms with E-state index in [1.807, 2.05) is 6.92 Å². The highest BCUT2D eigenvalue weighted by atomic mass is 16.6. The quantitative estimate of drug-likeness (QED) is 0.595. The van der Waals surface area contributed by atoms with Crippen molar-refractivity contribution in [2.75, 3.05) is 6.61 Å². The molecule has 0 N–H and O–H groups in total. The molecule has 0 fully saturated rings. The molecule has 0 heterocycles. The summed E-state index contributed by atoms with van der Waals surface area (Å²) in [7, 11) is 0. The molecule has 0 aliphatic rings. The second kappa shape index (κ2) is 5.67. The minimum atomic E-state index is -1.17. The third-order valence-corrected chi connectivity index (χ3v) is 2.35. The number of esters is 1. The van der Waals surface area contributed by atoms with E-state index in [1.54, 1.807) is 38.1 Å². The summed E-state index contributed by atoms with van der Waals surface area (Å²) in [6, 6.07) is 6.84. The van der Waals surface area contributed by atoms with Crippen LogP contribution in [0, 0.1) is 0 Å². The van der Waals surface area contributed by atoms with Crippen molar-refractivity contribution in [3.63, 3.8) is 0 Å². The zero-order chi connectivity index (χ0) is 13.8. The summed E-state index contributed by atoms with van der Waals surface area (Å²) in [4.78, 5) is 23.2. The zero-order valence-electron chi connectivity index (χ0n) is 11.1. The van der Waals surface area contributed by atoms with Crippen LogP contribution in [0.2, 0.25) is 0 Å². The van der Waals surface area contributed by atoms with Crippen molar-refractivity contribution >= 4 is 11.8 Å². The molecule has 0 aliphatic carbocycles. The van der Waals surface area contributed by atoms with Gasteiger partial charge in [-0.05, 0) is 32.9 Å². The summed E-state index contributed by atoms with van der Waals surface area (Å²) < 4.78 is 10.4. The first-order valence-corrected chi connectivity index (χ1v) is 5.84. The van der Waals surface area contributed by atoms with E-state index in [2.05, 4.69) is 0 Å². The van der Waals surface area contributed by atoms with Crippen LogP contribution in [-0.2, 0) is 9.53 Å². The van der Waals surface area contributed by atoms with E-state index in [9.17, 15) is 9.59 Å². The molecular formula is C14H18O4. The molecule has 0 amide bonds. The monoisotopic (exact) mass is 250 g/mol. The van der Waals surface area contributed by atoms with E-state index in [-0.39, 0.29) is 5.78 Å². The van der Waals surface area contributed by atoms with Gasteiger partial charge in [-0.3, -0.25) is 9.59 Å². The third-order valence-electron chi connectivity index (χ3n) is 2.35. The highest BCUT2D eigenvalue weighted by molar-refractivity contribution is 6.03. The van der Waals surface area contributed by atoms with Crippen LogP contribution in [0.4, 0.5) is 0 Å². The lowest BCUT2D eigenvalue weighted by molar-refractivity contribution is -0.149. The lowest BCUT2D eigenvalue weighted by Gasteiger charge is -2.23. The van der Waals surface area contributed by atoms with Crippen LogP contribution in [0.15, 0.2) is 24.3 Å². The number of hydrogen-bond donors (Lipinski definition) is 0. The Kier molecular flexibility index (Phi) is 4.48. The van der Waals surface area contributed by atoms with Crippen LogP contribution in [0.5, 0.6) is 5.75 Å². The molecule has 0 saturated heterocycles. The predicted molar refractivity (Wildman–Crippen MR) is 67.8 cm³/mol. The van der Waals surface area contributed by atoms with Gasteiger partial charge >= 0.3 is 5.97 Å². The number of carbonyl (C=O) groups is 2. The largest absolute Gasteiger partial charge is 0.494 e. The average Bonchev–Trinajstić information content (AvgIpc) is 2.27. The van der Waals surface area contributed by atoms with Crippen LogP contribution in [0.25, 0.3) is 0 Å². The molecule has 1 rings (SSSR count). The van der Waals surface area contributed by atoms with Crippen LogP contribution >= 0.6 is 0 Å². The Morgan fingerprint density at radius 2 is 1.94 bits per heavy atom. The standard InChI is InChI=1S/C14H18O4/c1-5-17-12-8-6-7-11(9-12)13(16)14(3,4)18-10(2)15/h6-9H,5H2,1-4H3. The minimum absolute atomic E-state index is 0.251. The molecule has 0 spiro atoms. The van der Waals surface area contributed by atoms with E-state index < -0.39 is 11.6 Å². The van der Waals surface area contributed by atoms with Crippen LogP contribution in [0.1, 0.15) is 38.1 Å². The van der Waals surface area contributed by atoms with E-state index in [1.165, 1.54) is 6.92 Å². The Bertz CT molecular complexity index is 449. The zero-order valence-corrected chi connectivity index (χ0v) is 11.1. The highest BCUT2D eigenvalue weighted by Gasteiger charge is 2.31. The lowest BCUT2D eigenvalue weighted by Crippen LogP contribution is -2.36. The maximum absolute atomic E-state index is 12.2. The third kappa shape index (κ3) is 3.58. The van der Waals surface area contributed by atoms with Crippen molar-refractivity contribution in [1.82, 2.24) is 0 Å². The summed E-state index contributed by atoms with van der Waals surface area (Å²) >= 11 is 0. The number of hydrogen-bond acceptors (Lipinski definition) is 4. The van der Waals surface area contributed by atoms with Crippen LogP contribution in [-0.4, -0.2) is 24.0 Å². The van der Waals surface area contributed by atoms with Gasteiger partial charge in [0.15, 0.2) is 5.60 Å². The van der Waals surface area contributed by atoms with Gasteiger partial charge < -0.3 is 9.47 Å². The number of ether oxygens (including phenoxy) is 2. The fraction of sp³-hybridized carbons (Fsp3) is 0.429. The number of carbonyl (C=O) groups excluding carboxylic acids is 2. The van der Waals surface area contributed by atoms with Gasteiger partial charge in [-0.15, -0.1) is 0 Å². The summed E-state index contributed by atoms with van der Waals surface area (Å²) in [5.41, 5.74) is -0.705. The normalized spacial score (nSPS) is 10.9. The first-order chi connectivity index (χ1) is 8.36. The predicted octanol–water partition coefficient (Wildman–Crippen LogP) is 2.61. The number of Topliss-reactive ketones (excluding diaryl/α,β-unsaturated/α-hetero) is 1. The van der Waals surface area contributed by atoms with E-state index in [0.717, 1.165) is 0 Å². The fourth-order valence-corrected chi connectivity index (χ4v) is 1.65. The minimum Gasteiger partial charge on any atom is -0.494 e. The summed E-state index contributed by atoms with van der Waals surface area (Å²) in [5, 5.41) is 0. The number of benzene rings is 1. The van der Waals surface area contributed by atoms with Gasteiger partial charge in [0.25, 0.3) is 0 Å². The molecule has 1 aromatic carbocycles. The van der Waals surface area contributed by atoms with Crippen LogP contribution in [0.3, 0.4) is 0 Å². The Hall–Kier alpha value is -1.84. The second-order valence-corrected chi connectivity index (χ2v) is 4.39. The Morgan fingerprint density at radius 3 is 2.50 bits per heavy atom. The average molecular weight is 250 g/mol. The second-order valence-electron chi connectivity index (χ2n) is 4.39. The van der Waals surface area contributed by atoms with Gasteiger partial charge in [0.05, 0.1) is 6.61 Å². The van der Waals surface area contributed by atoms with Gasteiger partial charge in [-0.25, -0.2) is 0 Å². The van der Waals surface area contributed by atoms with E-state index in [0.29, 0.717) is 17.9 Å². The lowest BCUT2D eigenvalue weighted by atomic mass is 9.96. The summed E-state index contributed by atoms with van der Waals surface area (Å²) in [6.45, 7) is 6.84. The molecule has 18 heavy (non-hydrogen) atoms. The molecule has 0 unspecified atom stereocenters. The molecule has 4 heteroatoms.